The van der Waals surface area contributed by atoms with Crippen LogP contribution in [0.4, 0.5) is 4.39 Å². The molecule has 1 saturated heterocycles. The average molecular weight is 372 g/mol. The molecule has 0 unspecified atom stereocenters. The van der Waals surface area contributed by atoms with Gasteiger partial charge in [-0.05, 0) is 41.5 Å². The first-order chi connectivity index (χ1) is 12.6. The molecule has 26 heavy (non-hydrogen) atoms. The van der Waals surface area contributed by atoms with Crippen molar-refractivity contribution in [3.63, 3.8) is 0 Å². The first-order valence-corrected chi connectivity index (χ1v) is 9.84. The van der Waals surface area contributed by atoms with Gasteiger partial charge >= 0.3 is 0 Å². The molecule has 1 aromatic carbocycles. The van der Waals surface area contributed by atoms with E-state index < -0.39 is 0 Å². The first-order valence-electron chi connectivity index (χ1n) is 8.96. The van der Waals surface area contributed by atoms with Gasteiger partial charge in [0.1, 0.15) is 5.82 Å². The van der Waals surface area contributed by atoms with Crippen LogP contribution in [-0.4, -0.2) is 47.8 Å². The minimum absolute atomic E-state index is 0.00818. The number of nitrogens with zero attached hydrogens (tertiary/aromatic N) is 2. The Hall–Kier alpha value is -2.21. The molecule has 6 heteroatoms. The number of hydrogen-bond donors (Lipinski definition) is 0. The van der Waals surface area contributed by atoms with Crippen molar-refractivity contribution in [2.75, 3.05) is 26.2 Å². The molecular formula is C20H21FN2O2S. The third-order valence-corrected chi connectivity index (χ3v) is 6.13. The lowest BCUT2D eigenvalue weighted by molar-refractivity contribution is -0.140. The Morgan fingerprint density at radius 1 is 1.04 bits per heavy atom. The van der Waals surface area contributed by atoms with Crippen LogP contribution in [0.2, 0.25) is 0 Å². The normalized spacial score (nSPS) is 22.3. The maximum absolute atomic E-state index is 13.0. The number of thiophene rings is 1. The van der Waals surface area contributed by atoms with Crippen molar-refractivity contribution in [3.8, 4) is 0 Å². The second-order valence-electron chi connectivity index (χ2n) is 6.96. The van der Waals surface area contributed by atoms with Crippen molar-refractivity contribution in [1.29, 1.82) is 0 Å². The molecule has 1 aliphatic carbocycles. The minimum atomic E-state index is -0.249. The van der Waals surface area contributed by atoms with Crippen LogP contribution >= 0.6 is 11.3 Å². The largest absolute Gasteiger partial charge is 0.339 e. The van der Waals surface area contributed by atoms with E-state index in [9.17, 15) is 14.0 Å². The number of amides is 2. The summed E-state index contributed by atoms with van der Waals surface area (Å²) < 4.78 is 13.0. The van der Waals surface area contributed by atoms with Gasteiger partial charge in [-0.1, -0.05) is 18.2 Å². The molecule has 136 valence electrons. The van der Waals surface area contributed by atoms with Gasteiger partial charge < -0.3 is 9.80 Å². The van der Waals surface area contributed by atoms with E-state index in [1.807, 2.05) is 27.3 Å². The fourth-order valence-corrected chi connectivity index (χ4v) is 4.33. The summed E-state index contributed by atoms with van der Waals surface area (Å²) in [6.07, 6.45) is 1.28. The molecule has 0 radical (unpaired) electrons. The van der Waals surface area contributed by atoms with Gasteiger partial charge in [0.05, 0.1) is 6.42 Å². The number of piperazine rings is 1. The molecule has 0 bridgehead atoms. The van der Waals surface area contributed by atoms with Crippen LogP contribution in [0.1, 0.15) is 22.8 Å². The molecule has 2 heterocycles. The lowest BCUT2D eigenvalue weighted by Gasteiger charge is -2.35. The van der Waals surface area contributed by atoms with Crippen molar-refractivity contribution in [1.82, 2.24) is 9.80 Å². The van der Waals surface area contributed by atoms with Gasteiger partial charge in [0.2, 0.25) is 11.8 Å². The van der Waals surface area contributed by atoms with Crippen molar-refractivity contribution < 1.29 is 14.0 Å². The lowest BCUT2D eigenvalue weighted by atomic mass is 10.1. The van der Waals surface area contributed by atoms with Crippen LogP contribution in [0.15, 0.2) is 41.8 Å². The van der Waals surface area contributed by atoms with Gasteiger partial charge in [-0.3, -0.25) is 9.59 Å². The Labute approximate surface area is 156 Å². The quantitative estimate of drug-likeness (QED) is 0.828. The summed E-state index contributed by atoms with van der Waals surface area (Å²) in [5.74, 6) is 0.274. The maximum atomic E-state index is 13.0. The Morgan fingerprint density at radius 2 is 1.73 bits per heavy atom. The molecule has 2 aliphatic rings. The standard InChI is InChI=1S/C20H21FN2O2S/c21-15-5-3-14(4-6-15)17-13-18(17)20(25)23-9-7-22(8-10-23)19(24)12-16-2-1-11-26-16/h1-6,11,17-18H,7-10,12-13H2/t17-,18+/m1/s1. The number of halogens is 1. The smallest absolute Gasteiger partial charge is 0.227 e. The van der Waals surface area contributed by atoms with Crippen LogP contribution in [0, 0.1) is 11.7 Å². The third-order valence-electron chi connectivity index (χ3n) is 5.26. The molecule has 2 atom stereocenters. The third kappa shape index (κ3) is 3.65. The van der Waals surface area contributed by atoms with E-state index in [4.69, 9.17) is 0 Å². The highest BCUT2D eigenvalue weighted by Gasteiger charge is 2.46. The van der Waals surface area contributed by atoms with Gasteiger partial charge in [-0.2, -0.15) is 0 Å². The zero-order chi connectivity index (χ0) is 18.1. The summed E-state index contributed by atoms with van der Waals surface area (Å²) in [4.78, 5) is 29.9. The summed E-state index contributed by atoms with van der Waals surface area (Å²) in [6, 6.07) is 10.4. The number of carbonyl (C=O) groups excluding carboxylic acids is 2. The predicted molar refractivity (Wildman–Crippen MR) is 98.4 cm³/mol. The van der Waals surface area contributed by atoms with Crippen molar-refractivity contribution in [3.05, 3.63) is 58.0 Å². The molecule has 4 nitrogen and oxygen atoms in total. The summed E-state index contributed by atoms with van der Waals surface area (Å²) in [5, 5.41) is 1.98. The van der Waals surface area contributed by atoms with E-state index in [0.717, 1.165) is 16.9 Å². The Bertz CT molecular complexity index is 783. The zero-order valence-electron chi connectivity index (χ0n) is 14.4. The number of hydrogen-bond acceptors (Lipinski definition) is 3. The maximum Gasteiger partial charge on any atom is 0.227 e. The molecule has 2 aromatic rings. The molecule has 2 amide bonds. The second kappa shape index (κ2) is 7.19. The number of carbonyl (C=O) groups is 2. The van der Waals surface area contributed by atoms with E-state index in [1.165, 1.54) is 12.1 Å². The fourth-order valence-electron chi connectivity index (χ4n) is 3.63. The van der Waals surface area contributed by atoms with E-state index in [0.29, 0.717) is 32.6 Å². The monoisotopic (exact) mass is 372 g/mol. The zero-order valence-corrected chi connectivity index (χ0v) is 15.3. The number of rotatable bonds is 4. The van der Waals surface area contributed by atoms with Crippen molar-refractivity contribution in [2.24, 2.45) is 5.92 Å². The average Bonchev–Trinajstić information content (AvgIpc) is 3.30. The fraction of sp³-hybridized carbons (Fsp3) is 0.400. The summed E-state index contributed by atoms with van der Waals surface area (Å²) >= 11 is 1.60. The van der Waals surface area contributed by atoms with Gasteiger partial charge in [-0.15, -0.1) is 11.3 Å². The molecule has 4 rings (SSSR count). The van der Waals surface area contributed by atoms with Crippen molar-refractivity contribution >= 4 is 23.2 Å². The molecule has 2 fully saturated rings. The molecule has 1 saturated carbocycles. The van der Waals surface area contributed by atoms with Gasteiger partial charge in [0.15, 0.2) is 0 Å². The van der Waals surface area contributed by atoms with E-state index in [-0.39, 0.29) is 29.5 Å². The van der Waals surface area contributed by atoms with Crippen LogP contribution in [0.25, 0.3) is 0 Å². The molecule has 1 aromatic heterocycles. The highest BCUT2D eigenvalue weighted by atomic mass is 32.1. The highest BCUT2D eigenvalue weighted by Crippen LogP contribution is 2.48. The Balaban J connectivity index is 1.27. The summed E-state index contributed by atoms with van der Waals surface area (Å²) in [5.41, 5.74) is 1.04. The Morgan fingerprint density at radius 3 is 2.38 bits per heavy atom. The van der Waals surface area contributed by atoms with Gasteiger partial charge in [0, 0.05) is 37.0 Å². The first kappa shape index (κ1) is 17.2. The number of benzene rings is 1. The minimum Gasteiger partial charge on any atom is -0.339 e. The topological polar surface area (TPSA) is 40.6 Å². The highest BCUT2D eigenvalue weighted by molar-refractivity contribution is 7.10. The van der Waals surface area contributed by atoms with E-state index >= 15 is 0 Å². The lowest BCUT2D eigenvalue weighted by Crippen LogP contribution is -2.51. The van der Waals surface area contributed by atoms with E-state index in [1.54, 1.807) is 23.5 Å². The molecule has 0 N–H and O–H groups in total. The Kier molecular flexibility index (Phi) is 4.76. The SMILES string of the molecule is O=C(Cc1cccs1)N1CCN(C(=O)[C@H]2C[C@@H]2c2ccc(F)cc2)CC1. The van der Waals surface area contributed by atoms with Crippen LogP contribution in [0.5, 0.6) is 0 Å². The molecule has 1 aliphatic heterocycles. The summed E-state index contributed by atoms with van der Waals surface area (Å²) in [7, 11) is 0. The van der Waals surface area contributed by atoms with Crippen LogP contribution in [0.3, 0.4) is 0 Å². The summed E-state index contributed by atoms with van der Waals surface area (Å²) in [6.45, 7) is 2.40. The van der Waals surface area contributed by atoms with Crippen molar-refractivity contribution in [2.45, 2.75) is 18.8 Å². The second-order valence-corrected chi connectivity index (χ2v) is 7.99. The van der Waals surface area contributed by atoms with Gasteiger partial charge in [-0.25, -0.2) is 4.39 Å². The predicted octanol–water partition coefficient (Wildman–Crippen LogP) is 2.90. The van der Waals surface area contributed by atoms with Crippen LogP contribution < -0.4 is 0 Å². The van der Waals surface area contributed by atoms with Gasteiger partial charge in [0.25, 0.3) is 0 Å². The molecule has 0 spiro atoms. The molecular weight excluding hydrogens is 351 g/mol. The van der Waals surface area contributed by atoms with E-state index in [2.05, 4.69) is 0 Å². The van der Waals surface area contributed by atoms with Crippen LogP contribution in [-0.2, 0) is 16.0 Å².